The molecule has 126 valence electrons. The highest BCUT2D eigenvalue weighted by molar-refractivity contribution is 7.16. The lowest BCUT2D eigenvalue weighted by atomic mass is 10.1. The minimum atomic E-state index is 0.110. The maximum absolute atomic E-state index is 12.7. The maximum atomic E-state index is 12.7. The number of carbonyl (C=O) groups is 1. The number of amides is 1. The third-order valence-electron chi connectivity index (χ3n) is 4.66. The molecule has 4 rings (SSSR count). The Hall–Kier alpha value is -1.92. The molecule has 0 saturated carbocycles. The Bertz CT molecular complexity index is 758. The molecule has 0 radical (unpaired) electrons. The minimum Gasteiger partial charge on any atom is -0.493 e. The van der Waals surface area contributed by atoms with Gasteiger partial charge in [0, 0.05) is 31.6 Å². The summed E-state index contributed by atoms with van der Waals surface area (Å²) in [5, 5.41) is 0.903. The van der Waals surface area contributed by atoms with Crippen LogP contribution in [0.3, 0.4) is 0 Å². The zero-order valence-electron chi connectivity index (χ0n) is 13.8. The van der Waals surface area contributed by atoms with Crippen LogP contribution in [0, 0.1) is 0 Å². The highest BCUT2D eigenvalue weighted by atomic mass is 32.1. The van der Waals surface area contributed by atoms with Crippen LogP contribution in [0.1, 0.15) is 21.7 Å². The number of hydrogen-bond donors (Lipinski definition) is 0. The topological polar surface area (TPSA) is 45.7 Å². The van der Waals surface area contributed by atoms with Gasteiger partial charge in [-0.2, -0.15) is 0 Å². The van der Waals surface area contributed by atoms with E-state index < -0.39 is 0 Å². The molecule has 1 aromatic carbocycles. The number of aromatic nitrogens is 1. The summed E-state index contributed by atoms with van der Waals surface area (Å²) < 4.78 is 5.55. The fourth-order valence-electron chi connectivity index (χ4n) is 3.23. The lowest BCUT2D eigenvalue weighted by Gasteiger charge is -2.19. The van der Waals surface area contributed by atoms with Gasteiger partial charge in [-0.05, 0) is 43.8 Å². The van der Waals surface area contributed by atoms with Crippen molar-refractivity contribution in [2.75, 3.05) is 39.8 Å². The standard InChI is InChI=1S/C18H21N3O2S/c1-20-6-2-7-21(9-8-20)18(22)16-12-19-17(24-16)14-3-4-15-13(11-14)5-10-23-15/h3-4,11-12H,2,5-10H2,1H3. The summed E-state index contributed by atoms with van der Waals surface area (Å²) in [7, 11) is 2.11. The number of likely N-dealkylation sites (N-methyl/N-ethyl adjacent to an activating group) is 1. The predicted molar refractivity (Wildman–Crippen MR) is 94.8 cm³/mol. The molecule has 2 aromatic rings. The van der Waals surface area contributed by atoms with Gasteiger partial charge in [0.25, 0.3) is 5.91 Å². The molecule has 6 heteroatoms. The van der Waals surface area contributed by atoms with Gasteiger partial charge in [0.05, 0.1) is 12.8 Å². The number of ether oxygens (including phenoxy) is 1. The molecule has 0 unspecified atom stereocenters. The molecule has 5 nitrogen and oxygen atoms in total. The van der Waals surface area contributed by atoms with Gasteiger partial charge >= 0.3 is 0 Å². The van der Waals surface area contributed by atoms with E-state index in [1.165, 1.54) is 16.9 Å². The monoisotopic (exact) mass is 343 g/mol. The second-order valence-corrected chi connectivity index (χ2v) is 7.43. The molecule has 1 saturated heterocycles. The first-order valence-electron chi connectivity index (χ1n) is 8.40. The molecular formula is C18H21N3O2S. The van der Waals surface area contributed by atoms with Gasteiger partial charge in [-0.3, -0.25) is 4.79 Å². The van der Waals surface area contributed by atoms with Crippen LogP contribution in [-0.4, -0.2) is 60.5 Å². The third kappa shape index (κ3) is 3.03. The van der Waals surface area contributed by atoms with Gasteiger partial charge in [0.1, 0.15) is 15.6 Å². The Morgan fingerprint density at radius 1 is 1.25 bits per heavy atom. The van der Waals surface area contributed by atoms with Crippen molar-refractivity contribution in [2.24, 2.45) is 0 Å². The van der Waals surface area contributed by atoms with Crippen molar-refractivity contribution in [3.63, 3.8) is 0 Å². The lowest BCUT2D eigenvalue weighted by molar-refractivity contribution is 0.0767. The van der Waals surface area contributed by atoms with E-state index in [0.29, 0.717) is 0 Å². The van der Waals surface area contributed by atoms with Crippen molar-refractivity contribution in [3.05, 3.63) is 34.8 Å². The molecule has 2 aliphatic heterocycles. The molecule has 0 atom stereocenters. The Balaban J connectivity index is 1.53. The lowest BCUT2D eigenvalue weighted by Crippen LogP contribution is -2.34. The van der Waals surface area contributed by atoms with E-state index in [9.17, 15) is 4.79 Å². The Labute approximate surface area is 145 Å². The first-order chi connectivity index (χ1) is 11.7. The molecule has 2 aliphatic rings. The van der Waals surface area contributed by atoms with Crippen LogP contribution in [0.2, 0.25) is 0 Å². The summed E-state index contributed by atoms with van der Waals surface area (Å²) in [6.45, 7) is 4.35. The van der Waals surface area contributed by atoms with Gasteiger partial charge in [0.15, 0.2) is 0 Å². The fraction of sp³-hybridized carbons (Fsp3) is 0.444. The average molecular weight is 343 g/mol. The highest BCUT2D eigenvalue weighted by Gasteiger charge is 2.21. The van der Waals surface area contributed by atoms with E-state index in [4.69, 9.17) is 4.74 Å². The van der Waals surface area contributed by atoms with Crippen LogP contribution in [-0.2, 0) is 6.42 Å². The van der Waals surface area contributed by atoms with E-state index in [1.54, 1.807) is 6.20 Å². The third-order valence-corrected chi connectivity index (χ3v) is 5.69. The van der Waals surface area contributed by atoms with Crippen molar-refractivity contribution in [1.29, 1.82) is 0 Å². The number of fused-ring (bicyclic) bond motifs is 1. The smallest absolute Gasteiger partial charge is 0.265 e. The van der Waals surface area contributed by atoms with Crippen molar-refractivity contribution < 1.29 is 9.53 Å². The van der Waals surface area contributed by atoms with Crippen LogP contribution in [0.4, 0.5) is 0 Å². The summed E-state index contributed by atoms with van der Waals surface area (Å²) in [6.07, 6.45) is 3.70. The number of hydrogen-bond acceptors (Lipinski definition) is 5. The minimum absolute atomic E-state index is 0.110. The molecule has 1 fully saturated rings. The molecule has 1 amide bonds. The number of thiazole rings is 1. The van der Waals surface area contributed by atoms with Crippen LogP contribution in [0.5, 0.6) is 5.75 Å². The molecule has 0 N–H and O–H groups in total. The maximum Gasteiger partial charge on any atom is 0.265 e. The molecular weight excluding hydrogens is 322 g/mol. The molecule has 24 heavy (non-hydrogen) atoms. The highest BCUT2D eigenvalue weighted by Crippen LogP contribution is 2.32. The van der Waals surface area contributed by atoms with Crippen LogP contribution in [0.25, 0.3) is 10.6 Å². The number of benzene rings is 1. The largest absolute Gasteiger partial charge is 0.493 e. The predicted octanol–water partition coefficient (Wildman–Crippen LogP) is 2.52. The van der Waals surface area contributed by atoms with Crippen LogP contribution in [0.15, 0.2) is 24.4 Å². The van der Waals surface area contributed by atoms with Gasteiger partial charge < -0.3 is 14.5 Å². The molecule has 0 aliphatic carbocycles. The second-order valence-electron chi connectivity index (χ2n) is 6.40. The summed E-state index contributed by atoms with van der Waals surface area (Å²) >= 11 is 1.48. The van der Waals surface area contributed by atoms with Gasteiger partial charge in [-0.25, -0.2) is 4.98 Å². The molecule has 0 bridgehead atoms. The van der Waals surface area contributed by atoms with Crippen LogP contribution >= 0.6 is 11.3 Å². The Morgan fingerprint density at radius 3 is 3.08 bits per heavy atom. The van der Waals surface area contributed by atoms with Crippen LogP contribution < -0.4 is 4.74 Å². The quantitative estimate of drug-likeness (QED) is 0.841. The van der Waals surface area contributed by atoms with E-state index in [1.807, 2.05) is 17.0 Å². The van der Waals surface area contributed by atoms with E-state index in [2.05, 4.69) is 23.0 Å². The zero-order valence-corrected chi connectivity index (χ0v) is 14.6. The first-order valence-corrected chi connectivity index (χ1v) is 9.22. The van der Waals surface area contributed by atoms with Gasteiger partial charge in [-0.1, -0.05) is 0 Å². The molecule has 3 heterocycles. The number of rotatable bonds is 2. The fourth-order valence-corrected chi connectivity index (χ4v) is 4.11. The van der Waals surface area contributed by atoms with Crippen molar-refractivity contribution in [3.8, 4) is 16.3 Å². The summed E-state index contributed by atoms with van der Waals surface area (Å²) in [6, 6.07) is 6.17. The van der Waals surface area contributed by atoms with Gasteiger partial charge in [-0.15, -0.1) is 11.3 Å². The summed E-state index contributed by atoms with van der Waals surface area (Å²) in [5.74, 6) is 1.08. The van der Waals surface area contributed by atoms with Crippen molar-refractivity contribution in [1.82, 2.24) is 14.8 Å². The van der Waals surface area contributed by atoms with Crippen molar-refractivity contribution in [2.45, 2.75) is 12.8 Å². The Kier molecular flexibility index (Phi) is 4.24. The Morgan fingerprint density at radius 2 is 2.17 bits per heavy atom. The summed E-state index contributed by atoms with van der Waals surface area (Å²) in [4.78, 5) is 22.2. The number of carbonyl (C=O) groups excluding carboxylic acids is 1. The van der Waals surface area contributed by atoms with E-state index in [0.717, 1.165) is 66.8 Å². The number of nitrogens with zero attached hydrogens (tertiary/aromatic N) is 3. The average Bonchev–Trinajstić information content (AvgIpc) is 3.20. The van der Waals surface area contributed by atoms with E-state index in [-0.39, 0.29) is 5.91 Å². The normalized spacial score (nSPS) is 18.1. The molecule has 1 aromatic heterocycles. The summed E-state index contributed by atoms with van der Waals surface area (Å²) in [5.41, 5.74) is 2.30. The SMILES string of the molecule is CN1CCCN(C(=O)c2cnc(-c3ccc4c(c3)CCO4)s2)CC1. The molecule has 0 spiro atoms. The van der Waals surface area contributed by atoms with Gasteiger partial charge in [0.2, 0.25) is 0 Å². The second kappa shape index (κ2) is 6.53. The zero-order chi connectivity index (χ0) is 16.5. The van der Waals surface area contributed by atoms with E-state index >= 15 is 0 Å². The van der Waals surface area contributed by atoms with Crippen molar-refractivity contribution >= 4 is 17.2 Å². The first kappa shape index (κ1) is 15.6.